The first-order valence-electron chi connectivity index (χ1n) is 5.82. The van der Waals surface area contributed by atoms with Crippen molar-refractivity contribution >= 4 is 11.8 Å². The molecule has 0 atom stereocenters. The number of hydrogen-bond donors (Lipinski definition) is 2. The van der Waals surface area contributed by atoms with Crippen LogP contribution in [0.25, 0.3) is 0 Å². The van der Waals surface area contributed by atoms with Crippen LogP contribution in [-0.4, -0.2) is 26.4 Å². The van der Waals surface area contributed by atoms with Gasteiger partial charge < -0.3 is 14.9 Å². The number of nitrogens with one attached hydrogen (secondary N) is 1. The smallest absolute Gasteiger partial charge is 0.356 e. The predicted octanol–water partition coefficient (Wildman–Crippen LogP) is 1.90. The normalized spacial score (nSPS) is 10.7. The third-order valence-corrected chi connectivity index (χ3v) is 2.50. The Bertz CT molecular complexity index is 563. The Hall–Kier alpha value is -2.44. The molecular formula is C12H14N4O3. The maximum absolute atomic E-state index is 10.6. The Morgan fingerprint density at radius 2 is 2.21 bits per heavy atom. The fourth-order valence-corrected chi connectivity index (χ4v) is 1.40. The zero-order chi connectivity index (χ0) is 13.8. The monoisotopic (exact) mass is 262 g/mol. The van der Waals surface area contributed by atoms with Crippen molar-refractivity contribution < 1.29 is 14.4 Å². The summed E-state index contributed by atoms with van der Waals surface area (Å²) in [6.07, 6.45) is 0. The van der Waals surface area contributed by atoms with Crippen molar-refractivity contribution in [3.63, 3.8) is 0 Å². The lowest BCUT2D eigenvalue weighted by atomic mass is 10.1. The van der Waals surface area contributed by atoms with E-state index in [9.17, 15) is 4.79 Å². The minimum absolute atomic E-state index is 0.0905. The fourth-order valence-electron chi connectivity index (χ4n) is 1.40. The van der Waals surface area contributed by atoms with Gasteiger partial charge in [-0.2, -0.15) is 0 Å². The van der Waals surface area contributed by atoms with Crippen LogP contribution in [0.2, 0.25) is 0 Å². The summed E-state index contributed by atoms with van der Waals surface area (Å²) in [4.78, 5) is 10.6. The van der Waals surface area contributed by atoms with Crippen LogP contribution >= 0.6 is 0 Å². The summed E-state index contributed by atoms with van der Waals surface area (Å²) in [6.45, 7) is 4.48. The van der Waals surface area contributed by atoms with Gasteiger partial charge in [0, 0.05) is 6.07 Å². The van der Waals surface area contributed by atoms with E-state index < -0.39 is 5.97 Å². The molecule has 2 rings (SSSR count). The van der Waals surface area contributed by atoms with Gasteiger partial charge in [-0.05, 0) is 18.1 Å². The second kappa shape index (κ2) is 5.47. The van der Waals surface area contributed by atoms with E-state index in [4.69, 9.17) is 9.63 Å². The van der Waals surface area contributed by atoms with Gasteiger partial charge in [-0.3, -0.25) is 0 Å². The number of anilines is 1. The molecule has 0 unspecified atom stereocenters. The van der Waals surface area contributed by atoms with Crippen LogP contribution in [-0.2, 0) is 6.54 Å². The molecule has 0 saturated carbocycles. The molecule has 100 valence electrons. The summed E-state index contributed by atoms with van der Waals surface area (Å²) >= 11 is 0. The Labute approximate surface area is 109 Å². The molecule has 2 N–H and O–H groups in total. The summed E-state index contributed by atoms with van der Waals surface area (Å²) in [5.41, 5.74) is 0.802. The van der Waals surface area contributed by atoms with Crippen molar-refractivity contribution in [1.82, 2.24) is 15.4 Å². The van der Waals surface area contributed by atoms with Crippen LogP contribution in [0.1, 0.15) is 41.7 Å². The summed E-state index contributed by atoms with van der Waals surface area (Å²) in [7, 11) is 0. The topological polar surface area (TPSA) is 101 Å². The SMILES string of the molecule is CC(C)c1cc(CNc2ccc(C(=O)O)nn2)on1. The highest BCUT2D eigenvalue weighted by Crippen LogP contribution is 2.14. The van der Waals surface area contributed by atoms with Crippen molar-refractivity contribution in [1.29, 1.82) is 0 Å². The first kappa shape index (κ1) is 13.0. The summed E-state index contributed by atoms with van der Waals surface area (Å²) in [6, 6.07) is 4.81. The molecule has 0 fully saturated rings. The van der Waals surface area contributed by atoms with E-state index in [2.05, 4.69) is 20.7 Å². The molecule has 0 aliphatic rings. The number of hydrogen-bond acceptors (Lipinski definition) is 6. The Kier molecular flexibility index (Phi) is 3.74. The van der Waals surface area contributed by atoms with E-state index >= 15 is 0 Å². The van der Waals surface area contributed by atoms with Crippen molar-refractivity contribution in [3.05, 3.63) is 35.3 Å². The third kappa shape index (κ3) is 3.27. The van der Waals surface area contributed by atoms with Crippen LogP contribution in [0.4, 0.5) is 5.82 Å². The zero-order valence-electron chi connectivity index (χ0n) is 10.6. The van der Waals surface area contributed by atoms with Gasteiger partial charge in [0.1, 0.15) is 5.82 Å². The lowest BCUT2D eigenvalue weighted by Gasteiger charge is -2.01. The lowest BCUT2D eigenvalue weighted by molar-refractivity contribution is 0.0689. The predicted molar refractivity (Wildman–Crippen MR) is 66.9 cm³/mol. The van der Waals surface area contributed by atoms with Gasteiger partial charge in [0.25, 0.3) is 0 Å². The highest BCUT2D eigenvalue weighted by atomic mass is 16.5. The van der Waals surface area contributed by atoms with E-state index in [1.54, 1.807) is 6.07 Å². The highest BCUT2D eigenvalue weighted by molar-refractivity contribution is 5.85. The van der Waals surface area contributed by atoms with Gasteiger partial charge in [0.2, 0.25) is 0 Å². The summed E-state index contributed by atoms with van der Waals surface area (Å²) < 4.78 is 5.15. The molecule has 0 radical (unpaired) electrons. The average Bonchev–Trinajstić information content (AvgIpc) is 2.86. The highest BCUT2D eigenvalue weighted by Gasteiger charge is 2.08. The van der Waals surface area contributed by atoms with Gasteiger partial charge in [0.15, 0.2) is 11.5 Å². The minimum atomic E-state index is -1.10. The van der Waals surface area contributed by atoms with Gasteiger partial charge in [0.05, 0.1) is 12.2 Å². The molecule has 0 spiro atoms. The molecule has 0 aliphatic carbocycles. The van der Waals surface area contributed by atoms with Gasteiger partial charge in [-0.25, -0.2) is 4.79 Å². The van der Waals surface area contributed by atoms with E-state index in [0.29, 0.717) is 24.0 Å². The van der Waals surface area contributed by atoms with E-state index in [1.807, 2.05) is 19.9 Å². The number of carboxylic acid groups (broad SMARTS) is 1. The molecule has 7 heteroatoms. The summed E-state index contributed by atoms with van der Waals surface area (Å²) in [5.74, 6) is 0.378. The maximum atomic E-state index is 10.6. The number of rotatable bonds is 5. The summed E-state index contributed by atoms with van der Waals surface area (Å²) in [5, 5.41) is 22.9. The molecule has 2 aromatic heterocycles. The van der Waals surface area contributed by atoms with Crippen molar-refractivity contribution in [2.75, 3.05) is 5.32 Å². The number of aromatic carboxylic acids is 1. The van der Waals surface area contributed by atoms with E-state index in [0.717, 1.165) is 5.69 Å². The molecule has 19 heavy (non-hydrogen) atoms. The van der Waals surface area contributed by atoms with Crippen molar-refractivity contribution in [2.45, 2.75) is 26.3 Å². The van der Waals surface area contributed by atoms with Crippen molar-refractivity contribution in [3.8, 4) is 0 Å². The standard InChI is InChI=1S/C12H14N4O3/c1-7(2)10-5-8(19-16-10)6-13-11-4-3-9(12(17)18)14-15-11/h3-5,7H,6H2,1-2H3,(H,13,15)(H,17,18). The second-order valence-electron chi connectivity index (χ2n) is 4.34. The molecule has 2 heterocycles. The van der Waals surface area contributed by atoms with Gasteiger partial charge >= 0.3 is 5.97 Å². The van der Waals surface area contributed by atoms with Crippen molar-refractivity contribution in [2.24, 2.45) is 0 Å². The van der Waals surface area contributed by atoms with Gasteiger partial charge in [-0.15, -0.1) is 10.2 Å². The average molecular weight is 262 g/mol. The number of carboxylic acids is 1. The molecule has 0 aromatic carbocycles. The Morgan fingerprint density at radius 1 is 1.42 bits per heavy atom. The number of carbonyl (C=O) groups is 1. The maximum Gasteiger partial charge on any atom is 0.356 e. The van der Waals surface area contributed by atoms with Crippen LogP contribution < -0.4 is 5.32 Å². The van der Waals surface area contributed by atoms with Gasteiger partial charge in [-0.1, -0.05) is 19.0 Å². The number of aromatic nitrogens is 3. The molecular weight excluding hydrogens is 248 g/mol. The van der Waals surface area contributed by atoms with Crippen LogP contribution in [0.3, 0.4) is 0 Å². The largest absolute Gasteiger partial charge is 0.476 e. The Balaban J connectivity index is 1.96. The molecule has 2 aromatic rings. The minimum Gasteiger partial charge on any atom is -0.476 e. The third-order valence-electron chi connectivity index (χ3n) is 2.50. The molecule has 0 amide bonds. The fraction of sp³-hybridized carbons (Fsp3) is 0.333. The van der Waals surface area contributed by atoms with Crippen LogP contribution in [0.15, 0.2) is 22.7 Å². The molecule has 0 saturated heterocycles. The van der Waals surface area contributed by atoms with E-state index in [1.165, 1.54) is 6.07 Å². The molecule has 0 bridgehead atoms. The number of nitrogens with zero attached hydrogens (tertiary/aromatic N) is 3. The lowest BCUT2D eigenvalue weighted by Crippen LogP contribution is -2.05. The quantitative estimate of drug-likeness (QED) is 0.848. The second-order valence-corrected chi connectivity index (χ2v) is 4.34. The first-order chi connectivity index (χ1) is 9.06. The zero-order valence-corrected chi connectivity index (χ0v) is 10.6. The molecule has 7 nitrogen and oxygen atoms in total. The Morgan fingerprint density at radius 3 is 2.74 bits per heavy atom. The van der Waals surface area contributed by atoms with E-state index in [-0.39, 0.29) is 5.69 Å². The van der Waals surface area contributed by atoms with Crippen LogP contribution in [0, 0.1) is 0 Å². The first-order valence-corrected chi connectivity index (χ1v) is 5.82. The van der Waals surface area contributed by atoms with Crippen LogP contribution in [0.5, 0.6) is 0 Å². The molecule has 0 aliphatic heterocycles.